The SMILES string of the molecule is CC(C)(S)CCN.O=C(O)C(F)(F)F. The molecule has 0 unspecified atom stereocenters. The molecule has 0 bridgehead atoms. The highest BCUT2D eigenvalue weighted by Gasteiger charge is 2.38. The summed E-state index contributed by atoms with van der Waals surface area (Å²) in [5.41, 5.74) is 5.27. The zero-order chi connectivity index (χ0) is 12.0. The summed E-state index contributed by atoms with van der Waals surface area (Å²) in [5, 5.41) is 7.12. The van der Waals surface area contributed by atoms with Gasteiger partial charge in [-0.05, 0) is 13.0 Å². The summed E-state index contributed by atoms with van der Waals surface area (Å²) in [5.74, 6) is -2.76. The number of aliphatic carboxylic acids is 1. The first-order valence-corrected chi connectivity index (χ1v) is 4.18. The average molecular weight is 233 g/mol. The van der Waals surface area contributed by atoms with E-state index in [1.807, 2.05) is 0 Å². The molecule has 0 aromatic heterocycles. The van der Waals surface area contributed by atoms with Gasteiger partial charge in [-0.2, -0.15) is 25.8 Å². The predicted molar refractivity (Wildman–Crippen MR) is 50.4 cm³/mol. The van der Waals surface area contributed by atoms with Crippen molar-refractivity contribution < 1.29 is 23.1 Å². The Labute approximate surface area is 85.9 Å². The largest absolute Gasteiger partial charge is 0.490 e. The minimum Gasteiger partial charge on any atom is -0.475 e. The van der Waals surface area contributed by atoms with Crippen molar-refractivity contribution in [1.29, 1.82) is 0 Å². The number of carboxylic acids is 1. The molecule has 0 amide bonds. The third kappa shape index (κ3) is 14.1. The van der Waals surface area contributed by atoms with Crippen LogP contribution in [0.1, 0.15) is 20.3 Å². The number of rotatable bonds is 2. The van der Waals surface area contributed by atoms with E-state index < -0.39 is 12.1 Å². The van der Waals surface area contributed by atoms with Crippen LogP contribution >= 0.6 is 12.6 Å². The summed E-state index contributed by atoms with van der Waals surface area (Å²) < 4.78 is 31.9. The minimum atomic E-state index is -5.08. The molecule has 86 valence electrons. The van der Waals surface area contributed by atoms with E-state index >= 15 is 0 Å². The van der Waals surface area contributed by atoms with Gasteiger partial charge in [0.2, 0.25) is 0 Å². The van der Waals surface area contributed by atoms with E-state index in [-0.39, 0.29) is 4.75 Å². The Morgan fingerprint density at radius 1 is 1.43 bits per heavy atom. The van der Waals surface area contributed by atoms with Crippen molar-refractivity contribution in [3.05, 3.63) is 0 Å². The first kappa shape index (κ1) is 16.0. The van der Waals surface area contributed by atoms with E-state index in [2.05, 4.69) is 26.5 Å². The number of nitrogens with two attached hydrogens (primary N) is 1. The van der Waals surface area contributed by atoms with E-state index in [1.165, 1.54) is 0 Å². The molecule has 0 saturated heterocycles. The molecule has 0 atom stereocenters. The molecule has 7 heteroatoms. The second-order valence-corrected chi connectivity index (χ2v) is 4.36. The van der Waals surface area contributed by atoms with Crippen LogP contribution in [0.15, 0.2) is 0 Å². The second-order valence-electron chi connectivity index (χ2n) is 3.15. The fraction of sp³-hybridized carbons (Fsp3) is 0.857. The lowest BCUT2D eigenvalue weighted by atomic mass is 10.1. The summed E-state index contributed by atoms with van der Waals surface area (Å²) in [6.45, 7) is 4.85. The normalized spacial score (nSPS) is 11.6. The third-order valence-electron chi connectivity index (χ3n) is 0.999. The van der Waals surface area contributed by atoms with E-state index in [9.17, 15) is 13.2 Å². The molecular formula is C7H14F3NO2S. The monoisotopic (exact) mass is 233 g/mol. The van der Waals surface area contributed by atoms with Gasteiger partial charge in [0, 0.05) is 4.75 Å². The van der Waals surface area contributed by atoms with Crippen molar-refractivity contribution in [2.24, 2.45) is 5.73 Å². The molecule has 0 aliphatic heterocycles. The van der Waals surface area contributed by atoms with Gasteiger partial charge in [0.25, 0.3) is 0 Å². The third-order valence-corrected chi connectivity index (χ3v) is 1.22. The Hall–Kier alpha value is -0.430. The Bertz CT molecular complexity index is 177. The molecule has 0 rings (SSSR count). The Kier molecular flexibility index (Phi) is 7.01. The van der Waals surface area contributed by atoms with Gasteiger partial charge in [-0.1, -0.05) is 13.8 Å². The molecule has 0 aromatic rings. The van der Waals surface area contributed by atoms with E-state index in [1.54, 1.807) is 0 Å². The van der Waals surface area contributed by atoms with E-state index in [4.69, 9.17) is 15.6 Å². The summed E-state index contributed by atoms with van der Waals surface area (Å²) in [6, 6.07) is 0. The molecule has 0 aliphatic rings. The maximum atomic E-state index is 10.6. The number of carbonyl (C=O) groups is 1. The smallest absolute Gasteiger partial charge is 0.475 e. The van der Waals surface area contributed by atoms with Crippen molar-refractivity contribution in [3.63, 3.8) is 0 Å². The maximum Gasteiger partial charge on any atom is 0.490 e. The molecule has 0 spiro atoms. The van der Waals surface area contributed by atoms with Crippen LogP contribution < -0.4 is 5.73 Å². The molecule has 0 heterocycles. The Morgan fingerprint density at radius 3 is 1.71 bits per heavy atom. The summed E-state index contributed by atoms with van der Waals surface area (Å²) >= 11 is 4.25. The lowest BCUT2D eigenvalue weighted by Gasteiger charge is -2.14. The minimum absolute atomic E-state index is 0.120. The lowest BCUT2D eigenvalue weighted by molar-refractivity contribution is -0.192. The van der Waals surface area contributed by atoms with Crippen LogP contribution in [-0.2, 0) is 4.79 Å². The van der Waals surface area contributed by atoms with Gasteiger partial charge in [0.15, 0.2) is 0 Å². The van der Waals surface area contributed by atoms with Gasteiger partial charge < -0.3 is 10.8 Å². The predicted octanol–water partition coefficient (Wildman–Crippen LogP) is 1.68. The lowest BCUT2D eigenvalue weighted by Crippen LogP contribution is -2.21. The molecule has 0 aliphatic carbocycles. The Balaban J connectivity index is 0. The molecule has 0 radical (unpaired) electrons. The van der Waals surface area contributed by atoms with E-state index in [0.29, 0.717) is 0 Å². The van der Waals surface area contributed by atoms with Crippen LogP contribution in [0.3, 0.4) is 0 Å². The number of thiol groups is 1. The number of hydrogen-bond donors (Lipinski definition) is 3. The van der Waals surface area contributed by atoms with Gasteiger partial charge in [-0.15, -0.1) is 0 Å². The van der Waals surface area contributed by atoms with Gasteiger partial charge in [0.05, 0.1) is 0 Å². The first-order chi connectivity index (χ1) is 6.00. The highest BCUT2D eigenvalue weighted by Crippen LogP contribution is 2.14. The first-order valence-electron chi connectivity index (χ1n) is 3.73. The highest BCUT2D eigenvalue weighted by atomic mass is 32.1. The average Bonchev–Trinajstić information content (AvgIpc) is 1.82. The van der Waals surface area contributed by atoms with Crippen LogP contribution in [0.25, 0.3) is 0 Å². The highest BCUT2D eigenvalue weighted by molar-refractivity contribution is 7.81. The van der Waals surface area contributed by atoms with Crippen LogP contribution in [-0.4, -0.2) is 28.5 Å². The topological polar surface area (TPSA) is 63.3 Å². The van der Waals surface area contributed by atoms with E-state index in [0.717, 1.165) is 13.0 Å². The number of carboxylic acid groups (broad SMARTS) is 1. The van der Waals surface area contributed by atoms with Crippen LogP contribution in [0.5, 0.6) is 0 Å². The standard InChI is InChI=1S/C5H13NS.C2HF3O2/c1-5(2,7)3-4-6;3-2(4,5)1(6)7/h7H,3-4,6H2,1-2H3;(H,6,7). The van der Waals surface area contributed by atoms with Gasteiger partial charge >= 0.3 is 12.1 Å². The summed E-state index contributed by atoms with van der Waals surface area (Å²) in [4.78, 5) is 8.90. The number of alkyl halides is 3. The summed E-state index contributed by atoms with van der Waals surface area (Å²) in [6.07, 6.45) is -4.10. The second kappa shape index (κ2) is 6.13. The van der Waals surface area contributed by atoms with Crippen LogP contribution in [0.2, 0.25) is 0 Å². The molecule has 0 saturated carbocycles. The number of halogens is 3. The molecule has 0 fully saturated rings. The summed E-state index contributed by atoms with van der Waals surface area (Å²) in [7, 11) is 0. The van der Waals surface area contributed by atoms with Crippen molar-refractivity contribution >= 4 is 18.6 Å². The van der Waals surface area contributed by atoms with Crippen molar-refractivity contribution in [3.8, 4) is 0 Å². The zero-order valence-corrected chi connectivity index (χ0v) is 8.82. The van der Waals surface area contributed by atoms with Crippen molar-refractivity contribution in [1.82, 2.24) is 0 Å². The number of hydrogen-bond acceptors (Lipinski definition) is 3. The van der Waals surface area contributed by atoms with Crippen LogP contribution in [0, 0.1) is 0 Å². The quantitative estimate of drug-likeness (QED) is 0.636. The fourth-order valence-electron chi connectivity index (χ4n) is 0.353. The molecule has 3 N–H and O–H groups in total. The Morgan fingerprint density at radius 2 is 1.71 bits per heavy atom. The van der Waals surface area contributed by atoms with Gasteiger partial charge in [0.1, 0.15) is 0 Å². The van der Waals surface area contributed by atoms with Crippen molar-refractivity contribution in [2.75, 3.05) is 6.54 Å². The van der Waals surface area contributed by atoms with Crippen LogP contribution in [0.4, 0.5) is 13.2 Å². The molecule has 14 heavy (non-hydrogen) atoms. The van der Waals surface area contributed by atoms with Crippen molar-refractivity contribution in [2.45, 2.75) is 31.2 Å². The molecular weight excluding hydrogens is 219 g/mol. The van der Waals surface area contributed by atoms with Gasteiger partial charge in [-0.25, -0.2) is 4.79 Å². The van der Waals surface area contributed by atoms with Gasteiger partial charge in [-0.3, -0.25) is 0 Å². The molecule has 0 aromatic carbocycles. The maximum absolute atomic E-state index is 10.6. The zero-order valence-electron chi connectivity index (χ0n) is 7.93. The molecule has 3 nitrogen and oxygen atoms in total. The fourth-order valence-corrected chi connectivity index (χ4v) is 0.482.